The Morgan fingerprint density at radius 1 is 1.19 bits per heavy atom. The van der Waals surface area contributed by atoms with Gasteiger partial charge >= 0.3 is 0 Å². The molecule has 7 nitrogen and oxygen atoms in total. The van der Waals surface area contributed by atoms with Gasteiger partial charge in [-0.3, -0.25) is 19.7 Å². The minimum absolute atomic E-state index is 0.0191. The lowest BCUT2D eigenvalue weighted by Gasteiger charge is -2.45. The van der Waals surface area contributed by atoms with E-state index in [-0.39, 0.29) is 36.0 Å². The van der Waals surface area contributed by atoms with E-state index in [2.05, 4.69) is 0 Å². The molecule has 0 radical (unpaired) electrons. The predicted octanol–water partition coefficient (Wildman–Crippen LogP) is 2.44. The van der Waals surface area contributed by atoms with Crippen LogP contribution in [0.4, 0.5) is 5.69 Å². The van der Waals surface area contributed by atoms with Gasteiger partial charge in [-0.2, -0.15) is 0 Å². The monoisotopic (exact) mass is 357 g/mol. The maximum absolute atomic E-state index is 12.9. The standard InChI is InChI=1S/C19H23N3O4/c23-18-12-20(19(24)13-4-2-1-3-5-13)11-17-16-7-6-15(22(25)26)10-14(16)8-9-21(17)18/h6-7,10,13,17H,1-5,8-9,11-12H2. The van der Waals surface area contributed by atoms with Crippen molar-refractivity contribution in [2.24, 2.45) is 5.92 Å². The first-order chi connectivity index (χ1) is 12.5. The number of amides is 2. The minimum atomic E-state index is -0.391. The summed E-state index contributed by atoms with van der Waals surface area (Å²) in [4.78, 5) is 39.7. The van der Waals surface area contributed by atoms with Crippen LogP contribution in [0.3, 0.4) is 0 Å². The summed E-state index contributed by atoms with van der Waals surface area (Å²) in [6, 6.07) is 4.67. The van der Waals surface area contributed by atoms with Gasteiger partial charge in [0.2, 0.25) is 11.8 Å². The normalized spacial score (nSPS) is 23.4. The summed E-state index contributed by atoms with van der Waals surface area (Å²) in [6.45, 7) is 1.21. The van der Waals surface area contributed by atoms with E-state index in [1.807, 2.05) is 4.90 Å². The molecule has 0 N–H and O–H groups in total. The van der Waals surface area contributed by atoms with Crippen LogP contribution in [0.2, 0.25) is 0 Å². The molecule has 0 bridgehead atoms. The number of piperazine rings is 1. The second kappa shape index (κ2) is 6.70. The Hall–Kier alpha value is -2.44. The van der Waals surface area contributed by atoms with Crippen molar-refractivity contribution in [3.63, 3.8) is 0 Å². The van der Waals surface area contributed by atoms with Crippen molar-refractivity contribution < 1.29 is 14.5 Å². The number of non-ortho nitro benzene ring substituents is 1. The highest BCUT2D eigenvalue weighted by Gasteiger charge is 2.40. The first kappa shape index (κ1) is 17.0. The Morgan fingerprint density at radius 2 is 1.96 bits per heavy atom. The highest BCUT2D eigenvalue weighted by Crippen LogP contribution is 2.36. The SMILES string of the molecule is O=C(C1CCCCC1)N1CC(=O)N2CCc3cc([N+](=O)[O-])ccc3C2C1. The number of rotatable bonds is 2. The first-order valence-corrected chi connectivity index (χ1v) is 9.40. The topological polar surface area (TPSA) is 83.8 Å². The molecule has 2 heterocycles. The van der Waals surface area contributed by atoms with Crippen molar-refractivity contribution in [3.8, 4) is 0 Å². The summed E-state index contributed by atoms with van der Waals surface area (Å²) in [5.41, 5.74) is 1.94. The fraction of sp³-hybridized carbons (Fsp3) is 0.579. The highest BCUT2D eigenvalue weighted by molar-refractivity contribution is 5.87. The second-order valence-electron chi connectivity index (χ2n) is 7.55. The van der Waals surface area contributed by atoms with Gasteiger partial charge in [-0.15, -0.1) is 0 Å². The van der Waals surface area contributed by atoms with E-state index < -0.39 is 4.92 Å². The highest BCUT2D eigenvalue weighted by atomic mass is 16.6. The number of nitrogens with zero attached hydrogens (tertiary/aromatic N) is 3. The summed E-state index contributed by atoms with van der Waals surface area (Å²) in [7, 11) is 0. The summed E-state index contributed by atoms with van der Waals surface area (Å²) >= 11 is 0. The number of fused-ring (bicyclic) bond motifs is 3. The lowest BCUT2D eigenvalue weighted by molar-refractivity contribution is -0.384. The van der Waals surface area contributed by atoms with E-state index in [0.717, 1.165) is 36.8 Å². The minimum Gasteiger partial charge on any atom is -0.332 e. The zero-order chi connectivity index (χ0) is 18.3. The van der Waals surface area contributed by atoms with E-state index in [4.69, 9.17) is 0 Å². The first-order valence-electron chi connectivity index (χ1n) is 9.40. The zero-order valence-corrected chi connectivity index (χ0v) is 14.7. The third kappa shape index (κ3) is 2.95. The zero-order valence-electron chi connectivity index (χ0n) is 14.7. The molecule has 3 aliphatic rings. The maximum atomic E-state index is 12.9. The van der Waals surface area contributed by atoms with Crippen molar-refractivity contribution in [2.45, 2.75) is 44.6 Å². The molecule has 1 unspecified atom stereocenters. The molecule has 2 fully saturated rings. The summed E-state index contributed by atoms with van der Waals surface area (Å²) in [5, 5.41) is 11.0. The third-order valence-corrected chi connectivity index (χ3v) is 6.00. The van der Waals surface area contributed by atoms with Gasteiger partial charge in [0.1, 0.15) is 0 Å². The molecule has 1 aliphatic carbocycles. The Labute approximate surface area is 152 Å². The van der Waals surface area contributed by atoms with E-state index in [1.54, 1.807) is 17.0 Å². The summed E-state index contributed by atoms with van der Waals surface area (Å²) < 4.78 is 0. The average molecular weight is 357 g/mol. The molecule has 0 spiro atoms. The van der Waals surface area contributed by atoms with Crippen LogP contribution in [-0.4, -0.2) is 46.2 Å². The summed E-state index contributed by atoms with van der Waals surface area (Å²) in [6.07, 6.45) is 5.81. The molecule has 138 valence electrons. The van der Waals surface area contributed by atoms with Crippen LogP contribution in [0.5, 0.6) is 0 Å². The van der Waals surface area contributed by atoms with Crippen molar-refractivity contribution in [1.29, 1.82) is 0 Å². The van der Waals surface area contributed by atoms with Gasteiger partial charge in [0.25, 0.3) is 5.69 Å². The second-order valence-corrected chi connectivity index (χ2v) is 7.55. The molecule has 2 aliphatic heterocycles. The molecule has 4 rings (SSSR count). The third-order valence-electron chi connectivity index (χ3n) is 6.00. The largest absolute Gasteiger partial charge is 0.332 e. The lowest BCUT2D eigenvalue weighted by atomic mass is 9.86. The van der Waals surface area contributed by atoms with Crippen LogP contribution in [0.1, 0.15) is 49.3 Å². The lowest BCUT2D eigenvalue weighted by Crippen LogP contribution is -2.56. The number of nitro benzene ring substituents is 1. The number of hydrogen-bond acceptors (Lipinski definition) is 4. The molecule has 1 atom stereocenters. The Balaban J connectivity index is 1.58. The van der Waals surface area contributed by atoms with Crippen LogP contribution in [0.15, 0.2) is 18.2 Å². The van der Waals surface area contributed by atoms with Gasteiger partial charge in [-0.25, -0.2) is 0 Å². The average Bonchev–Trinajstić information content (AvgIpc) is 2.67. The number of carbonyl (C=O) groups excluding carboxylic acids is 2. The van der Waals surface area contributed by atoms with Crippen molar-refractivity contribution in [1.82, 2.24) is 9.80 Å². The van der Waals surface area contributed by atoms with Gasteiger partial charge in [-0.1, -0.05) is 19.3 Å². The number of benzene rings is 1. The van der Waals surface area contributed by atoms with E-state index in [1.165, 1.54) is 12.5 Å². The van der Waals surface area contributed by atoms with Crippen molar-refractivity contribution in [2.75, 3.05) is 19.6 Å². The van der Waals surface area contributed by atoms with Crippen LogP contribution in [-0.2, 0) is 16.0 Å². The Bertz CT molecular complexity index is 757. The molecule has 1 saturated heterocycles. The fourth-order valence-corrected chi connectivity index (χ4v) is 4.61. The fourth-order valence-electron chi connectivity index (χ4n) is 4.61. The van der Waals surface area contributed by atoms with Crippen molar-refractivity contribution in [3.05, 3.63) is 39.4 Å². The van der Waals surface area contributed by atoms with Crippen LogP contribution in [0.25, 0.3) is 0 Å². The molecule has 1 saturated carbocycles. The summed E-state index contributed by atoms with van der Waals surface area (Å²) in [5.74, 6) is 0.129. The molecule has 0 aromatic heterocycles. The van der Waals surface area contributed by atoms with Gasteiger partial charge in [-0.05, 0) is 36.5 Å². The number of hydrogen-bond donors (Lipinski definition) is 0. The molecule has 1 aromatic rings. The van der Waals surface area contributed by atoms with Crippen molar-refractivity contribution >= 4 is 17.5 Å². The Morgan fingerprint density at radius 3 is 2.69 bits per heavy atom. The van der Waals surface area contributed by atoms with E-state index in [9.17, 15) is 19.7 Å². The van der Waals surface area contributed by atoms with Gasteiger partial charge in [0, 0.05) is 31.1 Å². The van der Waals surface area contributed by atoms with Gasteiger partial charge in [0.05, 0.1) is 17.5 Å². The predicted molar refractivity (Wildman–Crippen MR) is 94.4 cm³/mol. The van der Waals surface area contributed by atoms with Crippen LogP contribution >= 0.6 is 0 Å². The van der Waals surface area contributed by atoms with Crippen LogP contribution < -0.4 is 0 Å². The molecule has 2 amide bonds. The van der Waals surface area contributed by atoms with Gasteiger partial charge < -0.3 is 9.80 Å². The van der Waals surface area contributed by atoms with Crippen LogP contribution in [0, 0.1) is 16.0 Å². The molecule has 7 heteroatoms. The smallest absolute Gasteiger partial charge is 0.269 e. The molecular weight excluding hydrogens is 334 g/mol. The van der Waals surface area contributed by atoms with Gasteiger partial charge in [0.15, 0.2) is 0 Å². The number of carbonyl (C=O) groups is 2. The quantitative estimate of drug-likeness (QED) is 0.601. The molecule has 26 heavy (non-hydrogen) atoms. The Kier molecular flexibility index (Phi) is 4.38. The maximum Gasteiger partial charge on any atom is 0.269 e. The molecule has 1 aromatic carbocycles. The van der Waals surface area contributed by atoms with E-state index in [0.29, 0.717) is 19.5 Å². The molecular formula is C19H23N3O4. The number of nitro groups is 1. The van der Waals surface area contributed by atoms with E-state index >= 15 is 0 Å².